The molecule has 256 valence electrons. The zero-order valence-corrected chi connectivity index (χ0v) is 31.3. The number of carboxylic acid groups (broad SMARTS) is 1. The Hall–Kier alpha value is -1.55. The van der Waals surface area contributed by atoms with E-state index >= 15 is 0 Å². The Labute approximate surface area is 274 Å². The molecule has 7 nitrogen and oxygen atoms in total. The van der Waals surface area contributed by atoms with E-state index in [0.29, 0.717) is 12.8 Å². The van der Waals surface area contributed by atoms with Crippen molar-refractivity contribution in [2.45, 2.75) is 150 Å². The van der Waals surface area contributed by atoms with E-state index in [1.807, 2.05) is 39.0 Å². The van der Waals surface area contributed by atoms with E-state index in [1.54, 1.807) is 0 Å². The van der Waals surface area contributed by atoms with Crippen molar-refractivity contribution in [3.63, 3.8) is 0 Å². The van der Waals surface area contributed by atoms with E-state index in [1.165, 1.54) is 0 Å². The average Bonchev–Trinajstić information content (AvgIpc) is 2.94. The minimum atomic E-state index is -2.21. The molecule has 2 saturated heterocycles. The number of hydrogen-bond acceptors (Lipinski definition) is 6. The fraction of sp³-hybridized carbons (Fsp3) is 0.757. The van der Waals surface area contributed by atoms with E-state index in [-0.39, 0.29) is 53.1 Å². The van der Waals surface area contributed by atoms with E-state index < -0.39 is 38.4 Å². The molecule has 0 aromatic heterocycles. The molecule has 0 amide bonds. The van der Waals surface area contributed by atoms with Crippen molar-refractivity contribution in [3.05, 3.63) is 48.0 Å². The van der Waals surface area contributed by atoms with Gasteiger partial charge in [-0.05, 0) is 63.2 Å². The van der Waals surface area contributed by atoms with Crippen LogP contribution in [-0.2, 0) is 28.2 Å². The highest BCUT2D eigenvalue weighted by Crippen LogP contribution is 2.45. The number of benzene rings is 1. The third kappa shape index (κ3) is 8.88. The van der Waals surface area contributed by atoms with Gasteiger partial charge in [0.2, 0.25) is 0 Å². The molecule has 0 saturated carbocycles. The molecule has 0 radical (unpaired) electrons. The lowest BCUT2D eigenvalue weighted by Gasteiger charge is -2.49. The zero-order chi connectivity index (χ0) is 34.1. The van der Waals surface area contributed by atoms with Crippen LogP contribution in [0.3, 0.4) is 0 Å². The minimum absolute atomic E-state index is 0.00789. The Kier molecular flexibility index (Phi) is 12.4. The molecule has 2 fully saturated rings. The minimum Gasteiger partial charge on any atom is -0.481 e. The van der Waals surface area contributed by atoms with Crippen LogP contribution in [0.15, 0.2) is 42.5 Å². The molecule has 11 atom stereocenters. The number of ether oxygens (including phenoxy) is 4. The van der Waals surface area contributed by atoms with Crippen molar-refractivity contribution in [2.24, 2.45) is 29.6 Å². The van der Waals surface area contributed by atoms with Gasteiger partial charge in [0.15, 0.2) is 20.4 Å². The normalized spacial score (nSPS) is 31.9. The van der Waals surface area contributed by atoms with Crippen LogP contribution in [0.1, 0.15) is 101 Å². The molecule has 0 unspecified atom stereocenters. The molecule has 1 aromatic carbocycles. The number of hydrogen-bond donors (Lipinski definition) is 1. The summed E-state index contributed by atoms with van der Waals surface area (Å²) < 4.78 is 33.1. The summed E-state index contributed by atoms with van der Waals surface area (Å²) >= 11 is 0. The van der Waals surface area contributed by atoms with Gasteiger partial charge in [0, 0.05) is 23.3 Å². The highest BCUT2D eigenvalue weighted by atomic mass is 28.4. The molecule has 1 N–H and O–H groups in total. The molecule has 2 aliphatic heterocycles. The van der Waals surface area contributed by atoms with Gasteiger partial charge in [-0.3, -0.25) is 4.79 Å². The lowest BCUT2D eigenvalue weighted by Crippen LogP contribution is -2.55. The van der Waals surface area contributed by atoms with Gasteiger partial charge in [-0.1, -0.05) is 92.3 Å². The molecule has 0 spiro atoms. The predicted octanol–water partition coefficient (Wildman–Crippen LogP) is 9.00. The first kappa shape index (κ1) is 37.9. The van der Waals surface area contributed by atoms with E-state index in [9.17, 15) is 9.90 Å². The molecule has 3 rings (SSSR count). The molecule has 1 aromatic rings. The van der Waals surface area contributed by atoms with Crippen LogP contribution in [0.2, 0.25) is 18.1 Å². The number of carbonyl (C=O) groups is 1. The SMILES string of the molecule is C=C(C[C@H](C)[C@@H]1OC(C)(C)O[C@H]([C@@H](CC)C(=O)O)[C@@H]1C)[C@@H](O[Si](C)(C)C(C)(C)C)[C@H](C)[C@H]1O[C@H](c2ccccc2)O[C@H](C)[C@@H]1C. The van der Waals surface area contributed by atoms with Gasteiger partial charge in [0.25, 0.3) is 0 Å². The Bertz CT molecular complexity index is 1130. The summed E-state index contributed by atoms with van der Waals surface area (Å²) in [4.78, 5) is 12.2. The maximum absolute atomic E-state index is 12.2. The van der Waals surface area contributed by atoms with Crippen molar-refractivity contribution in [3.8, 4) is 0 Å². The van der Waals surface area contributed by atoms with Crippen molar-refractivity contribution in [1.29, 1.82) is 0 Å². The molecular formula is C37H62O7Si. The number of rotatable bonds is 12. The van der Waals surface area contributed by atoms with Gasteiger partial charge >= 0.3 is 5.97 Å². The highest BCUT2D eigenvalue weighted by Gasteiger charge is 2.49. The highest BCUT2D eigenvalue weighted by molar-refractivity contribution is 6.74. The fourth-order valence-corrected chi connectivity index (χ4v) is 8.21. The first-order chi connectivity index (χ1) is 20.7. The summed E-state index contributed by atoms with van der Waals surface area (Å²) in [5, 5.41) is 9.99. The molecule has 2 heterocycles. The topological polar surface area (TPSA) is 83.5 Å². The summed E-state index contributed by atoms with van der Waals surface area (Å²) in [7, 11) is -2.21. The van der Waals surface area contributed by atoms with Crippen LogP contribution in [0.4, 0.5) is 0 Å². The second-order valence-corrected chi connectivity index (χ2v) is 20.6. The smallest absolute Gasteiger partial charge is 0.309 e. The van der Waals surface area contributed by atoms with Crippen molar-refractivity contribution in [1.82, 2.24) is 0 Å². The van der Waals surface area contributed by atoms with Crippen molar-refractivity contribution in [2.75, 3.05) is 0 Å². The first-order valence-corrected chi connectivity index (χ1v) is 19.9. The first-order valence-electron chi connectivity index (χ1n) is 17.0. The standard InChI is InChI=1S/C37H62O7Si/c1-15-29(34(38)39)33-25(5)30(42-37(11,12)43-33)22(2)21-23(3)31(44-45(13,14)36(8,9)10)26(6)32-24(4)27(7)40-35(41-32)28-19-17-16-18-20-28/h16-20,22,24-27,29-33,35H,3,15,21H2,1-2,4-14H3,(H,38,39)/t22-,24-,25+,26-,27+,29+,30-,31+,32-,33-,35+/m0/s1. The lowest BCUT2D eigenvalue weighted by molar-refractivity contribution is -0.334. The monoisotopic (exact) mass is 646 g/mol. The quantitative estimate of drug-likeness (QED) is 0.179. The number of aliphatic carboxylic acids is 1. The van der Waals surface area contributed by atoms with E-state index in [4.69, 9.17) is 23.4 Å². The van der Waals surface area contributed by atoms with Crippen LogP contribution < -0.4 is 0 Å². The molecule has 2 aliphatic rings. The van der Waals surface area contributed by atoms with Crippen LogP contribution in [0.5, 0.6) is 0 Å². The van der Waals surface area contributed by atoms with Gasteiger partial charge < -0.3 is 28.5 Å². The van der Waals surface area contributed by atoms with Crippen LogP contribution in [0, 0.1) is 29.6 Å². The van der Waals surface area contributed by atoms with E-state index in [0.717, 1.165) is 11.1 Å². The molecule has 8 heteroatoms. The van der Waals surface area contributed by atoms with Gasteiger partial charge in [0.05, 0.1) is 36.4 Å². The molecular weight excluding hydrogens is 584 g/mol. The maximum Gasteiger partial charge on any atom is 0.309 e. The second-order valence-electron chi connectivity index (χ2n) is 15.8. The summed E-state index contributed by atoms with van der Waals surface area (Å²) in [6.07, 6.45) is -0.237. The van der Waals surface area contributed by atoms with Gasteiger partial charge in [-0.2, -0.15) is 0 Å². The van der Waals surface area contributed by atoms with Crippen LogP contribution in [0.25, 0.3) is 0 Å². The van der Waals surface area contributed by atoms with Crippen LogP contribution >= 0.6 is 0 Å². The predicted molar refractivity (Wildman–Crippen MR) is 182 cm³/mol. The Balaban J connectivity index is 1.92. The third-order valence-electron chi connectivity index (χ3n) is 10.8. The zero-order valence-electron chi connectivity index (χ0n) is 30.3. The van der Waals surface area contributed by atoms with Crippen molar-refractivity contribution >= 4 is 14.3 Å². The Morgan fingerprint density at radius 2 is 1.58 bits per heavy atom. The van der Waals surface area contributed by atoms with E-state index in [2.05, 4.69) is 87.2 Å². The second kappa shape index (κ2) is 14.7. The Morgan fingerprint density at radius 3 is 2.11 bits per heavy atom. The van der Waals surface area contributed by atoms with Gasteiger partial charge in [-0.25, -0.2) is 0 Å². The summed E-state index contributed by atoms with van der Waals surface area (Å²) in [6.45, 7) is 32.5. The summed E-state index contributed by atoms with van der Waals surface area (Å²) in [5.74, 6) is -2.19. The molecule has 45 heavy (non-hydrogen) atoms. The van der Waals surface area contributed by atoms with Crippen LogP contribution in [-0.4, -0.2) is 55.7 Å². The Morgan fingerprint density at radius 1 is 1.00 bits per heavy atom. The largest absolute Gasteiger partial charge is 0.481 e. The van der Waals surface area contributed by atoms with Gasteiger partial charge in [-0.15, -0.1) is 0 Å². The van der Waals surface area contributed by atoms with Crippen molar-refractivity contribution < 1.29 is 33.3 Å². The number of carboxylic acids is 1. The lowest BCUT2D eigenvalue weighted by atomic mass is 9.77. The molecule has 0 bridgehead atoms. The van der Waals surface area contributed by atoms with Gasteiger partial charge in [0.1, 0.15) is 0 Å². The summed E-state index contributed by atoms with van der Waals surface area (Å²) in [6, 6.07) is 10.1. The third-order valence-corrected chi connectivity index (χ3v) is 15.2. The fourth-order valence-electron chi connectivity index (χ4n) is 6.84. The maximum atomic E-state index is 12.2. The summed E-state index contributed by atoms with van der Waals surface area (Å²) in [5.41, 5.74) is 2.03. The average molecular weight is 647 g/mol. The molecule has 0 aliphatic carbocycles.